The first kappa shape index (κ1) is 19.6. The summed E-state index contributed by atoms with van der Waals surface area (Å²) in [5, 5.41) is 0.868. The summed E-state index contributed by atoms with van der Waals surface area (Å²) < 4.78 is 11.7. The number of halogens is 2. The van der Waals surface area contributed by atoms with Gasteiger partial charge in [-0.3, -0.25) is 4.79 Å². The van der Waals surface area contributed by atoms with Crippen LogP contribution in [0.3, 0.4) is 0 Å². The van der Waals surface area contributed by atoms with Gasteiger partial charge in [-0.2, -0.15) is 0 Å². The molecule has 0 bridgehead atoms. The molecule has 2 heterocycles. The molecule has 6 nitrogen and oxygen atoms in total. The van der Waals surface area contributed by atoms with Gasteiger partial charge in [-0.05, 0) is 37.1 Å². The van der Waals surface area contributed by atoms with Crippen molar-refractivity contribution in [1.82, 2.24) is 0 Å². The molecule has 2 aliphatic rings. The molecule has 0 saturated carbocycles. The molecule has 1 atom stereocenters. The number of carbonyl (C=O) groups is 1. The number of allylic oxidation sites excluding steroid dienone is 2. The Morgan fingerprint density at radius 2 is 2.03 bits per heavy atom. The van der Waals surface area contributed by atoms with Gasteiger partial charge in [0.1, 0.15) is 29.7 Å². The molecular weight excluding hydrogens is 413 g/mol. The van der Waals surface area contributed by atoms with Gasteiger partial charge in [0.15, 0.2) is 5.78 Å². The highest BCUT2D eigenvalue weighted by Crippen LogP contribution is 2.42. The number of nitrogens with zero attached hydrogens (tertiary/aromatic N) is 1. The van der Waals surface area contributed by atoms with Crippen molar-refractivity contribution in [2.45, 2.75) is 31.8 Å². The van der Waals surface area contributed by atoms with Crippen LogP contribution in [0.2, 0.25) is 10.0 Å². The van der Waals surface area contributed by atoms with Crippen LogP contribution in [0, 0.1) is 0 Å². The third-order valence-corrected chi connectivity index (χ3v) is 5.74. The van der Waals surface area contributed by atoms with E-state index in [1.807, 2.05) is 6.07 Å². The minimum Gasteiger partial charge on any atom is -0.486 e. The van der Waals surface area contributed by atoms with E-state index in [0.29, 0.717) is 57.1 Å². The standard InChI is InChI=1S/C21H19Cl2N3O3/c22-14-6-4-11(8-15(14)23)28-10-12-5-7-18(29-12)19-13(9-24)21(25)26-16-2-1-3-17(27)20(16)19/h4-9,19H,1-3,10,24H2,(H2,25,26)/b13-9-. The van der Waals surface area contributed by atoms with E-state index in [9.17, 15) is 4.79 Å². The van der Waals surface area contributed by atoms with E-state index >= 15 is 0 Å². The van der Waals surface area contributed by atoms with Crippen molar-refractivity contribution in [3.63, 3.8) is 0 Å². The second kappa shape index (κ2) is 7.97. The summed E-state index contributed by atoms with van der Waals surface area (Å²) >= 11 is 11.9. The van der Waals surface area contributed by atoms with Gasteiger partial charge in [-0.15, -0.1) is 0 Å². The number of furan rings is 1. The average molecular weight is 432 g/mol. The van der Waals surface area contributed by atoms with Crippen LogP contribution in [0.5, 0.6) is 5.75 Å². The number of carbonyl (C=O) groups excluding carboxylic acids is 1. The summed E-state index contributed by atoms with van der Waals surface area (Å²) in [5.74, 6) is 1.65. The number of ether oxygens (including phenoxy) is 1. The Labute approximate surface area is 177 Å². The summed E-state index contributed by atoms with van der Waals surface area (Å²) in [6.07, 6.45) is 3.36. The van der Waals surface area contributed by atoms with E-state index in [-0.39, 0.29) is 12.4 Å². The third kappa shape index (κ3) is 3.78. The van der Waals surface area contributed by atoms with Crippen molar-refractivity contribution in [2.75, 3.05) is 0 Å². The molecule has 1 aromatic heterocycles. The normalized spacial score (nSPS) is 20.6. The number of ketones is 1. The Balaban J connectivity index is 1.60. The van der Waals surface area contributed by atoms with Gasteiger partial charge in [0.25, 0.3) is 0 Å². The molecule has 0 saturated heterocycles. The van der Waals surface area contributed by atoms with Gasteiger partial charge in [0.05, 0.1) is 21.7 Å². The van der Waals surface area contributed by atoms with E-state index < -0.39 is 5.92 Å². The lowest BCUT2D eigenvalue weighted by molar-refractivity contribution is -0.116. The molecule has 1 aromatic carbocycles. The summed E-state index contributed by atoms with van der Waals surface area (Å²) in [4.78, 5) is 17.0. The quantitative estimate of drug-likeness (QED) is 0.742. The minimum atomic E-state index is -0.459. The maximum absolute atomic E-state index is 12.6. The van der Waals surface area contributed by atoms with Crippen LogP contribution in [0.25, 0.3) is 0 Å². The Morgan fingerprint density at radius 3 is 2.79 bits per heavy atom. The number of hydrogen-bond donors (Lipinski definition) is 2. The maximum Gasteiger partial charge on any atom is 0.161 e. The number of Topliss-reactive ketones (excluding diaryl/α,β-unsaturated/α-hetero) is 1. The van der Waals surface area contributed by atoms with Crippen molar-refractivity contribution >= 4 is 34.8 Å². The van der Waals surface area contributed by atoms with Gasteiger partial charge in [0, 0.05) is 29.8 Å². The van der Waals surface area contributed by atoms with E-state index in [1.54, 1.807) is 24.3 Å². The van der Waals surface area contributed by atoms with E-state index in [0.717, 1.165) is 12.1 Å². The fourth-order valence-corrected chi connectivity index (χ4v) is 3.92. The van der Waals surface area contributed by atoms with Gasteiger partial charge in [-0.1, -0.05) is 23.2 Å². The van der Waals surface area contributed by atoms with Crippen LogP contribution in [0.15, 0.2) is 62.8 Å². The molecule has 29 heavy (non-hydrogen) atoms. The molecule has 4 rings (SSSR count). The number of nitrogens with two attached hydrogens (primary N) is 2. The number of amidine groups is 1. The first-order chi connectivity index (χ1) is 14.0. The van der Waals surface area contributed by atoms with Gasteiger partial charge >= 0.3 is 0 Å². The molecular formula is C21H19Cl2N3O3. The average Bonchev–Trinajstić information content (AvgIpc) is 3.17. The third-order valence-electron chi connectivity index (χ3n) is 5.00. The zero-order valence-corrected chi connectivity index (χ0v) is 17.0. The number of hydrogen-bond acceptors (Lipinski definition) is 6. The van der Waals surface area contributed by atoms with E-state index in [2.05, 4.69) is 4.99 Å². The number of rotatable bonds is 4. The van der Waals surface area contributed by atoms with Crippen molar-refractivity contribution in [3.05, 3.63) is 74.9 Å². The summed E-state index contributed by atoms with van der Waals surface area (Å²) in [7, 11) is 0. The molecule has 150 valence electrons. The largest absolute Gasteiger partial charge is 0.486 e. The van der Waals surface area contributed by atoms with Crippen molar-refractivity contribution in [3.8, 4) is 5.75 Å². The van der Waals surface area contributed by atoms with Crippen LogP contribution in [0.1, 0.15) is 36.7 Å². The van der Waals surface area contributed by atoms with Gasteiger partial charge in [0.2, 0.25) is 0 Å². The number of benzene rings is 1. The molecule has 0 amide bonds. The van der Waals surface area contributed by atoms with E-state index in [1.165, 1.54) is 6.20 Å². The predicted octanol–water partition coefficient (Wildman–Crippen LogP) is 4.47. The zero-order valence-electron chi connectivity index (χ0n) is 15.5. The highest BCUT2D eigenvalue weighted by molar-refractivity contribution is 6.42. The van der Waals surface area contributed by atoms with Crippen LogP contribution < -0.4 is 16.2 Å². The molecule has 0 radical (unpaired) electrons. The summed E-state index contributed by atoms with van der Waals surface area (Å²) in [5.41, 5.74) is 13.8. The van der Waals surface area contributed by atoms with E-state index in [4.69, 9.17) is 43.8 Å². The highest BCUT2D eigenvalue weighted by atomic mass is 35.5. The maximum atomic E-state index is 12.6. The molecule has 8 heteroatoms. The lowest BCUT2D eigenvalue weighted by Gasteiger charge is -2.29. The Hall–Kier alpha value is -2.70. The molecule has 0 fully saturated rings. The SMILES string of the molecule is N/C=C1\C(N)=NC2=C(C(=O)CCC2)C1c1ccc(COc2ccc(Cl)c(Cl)c2)o1. The fraction of sp³-hybridized carbons (Fsp3) is 0.238. The van der Waals surface area contributed by atoms with Crippen LogP contribution >= 0.6 is 23.2 Å². The lowest BCUT2D eigenvalue weighted by atomic mass is 9.78. The second-order valence-corrected chi connectivity index (χ2v) is 7.67. The zero-order chi connectivity index (χ0) is 20.5. The summed E-state index contributed by atoms with van der Waals surface area (Å²) in [6.45, 7) is 0.190. The van der Waals surface area contributed by atoms with Crippen LogP contribution in [-0.4, -0.2) is 11.6 Å². The Morgan fingerprint density at radius 1 is 1.21 bits per heavy atom. The Bertz CT molecular complexity index is 1070. The monoisotopic (exact) mass is 431 g/mol. The molecule has 1 aliphatic carbocycles. The lowest BCUT2D eigenvalue weighted by Crippen LogP contribution is -2.30. The fourth-order valence-electron chi connectivity index (χ4n) is 3.63. The second-order valence-electron chi connectivity index (χ2n) is 6.86. The number of aliphatic imine (C=N–C) groups is 1. The first-order valence-corrected chi connectivity index (χ1v) is 9.92. The van der Waals surface area contributed by atoms with Crippen molar-refractivity contribution < 1.29 is 13.9 Å². The topological polar surface area (TPSA) is 104 Å². The van der Waals surface area contributed by atoms with Crippen LogP contribution in [-0.2, 0) is 11.4 Å². The van der Waals surface area contributed by atoms with Crippen molar-refractivity contribution in [2.24, 2.45) is 16.5 Å². The molecule has 0 spiro atoms. The Kier molecular flexibility index (Phi) is 5.39. The molecule has 1 unspecified atom stereocenters. The molecule has 4 N–H and O–H groups in total. The van der Waals surface area contributed by atoms with Crippen molar-refractivity contribution in [1.29, 1.82) is 0 Å². The summed E-state index contributed by atoms with van der Waals surface area (Å²) in [6, 6.07) is 8.64. The molecule has 2 aromatic rings. The highest BCUT2D eigenvalue weighted by Gasteiger charge is 2.37. The molecule has 1 aliphatic heterocycles. The van der Waals surface area contributed by atoms with Crippen LogP contribution in [0.4, 0.5) is 0 Å². The smallest absolute Gasteiger partial charge is 0.161 e. The van der Waals surface area contributed by atoms with Gasteiger partial charge in [-0.25, -0.2) is 4.99 Å². The minimum absolute atomic E-state index is 0.0526. The predicted molar refractivity (Wildman–Crippen MR) is 112 cm³/mol. The van der Waals surface area contributed by atoms with Gasteiger partial charge < -0.3 is 20.6 Å². The first-order valence-electron chi connectivity index (χ1n) is 9.17.